The molecule has 174 valence electrons. The van der Waals surface area contributed by atoms with Gasteiger partial charge in [0.15, 0.2) is 11.5 Å². The Balaban J connectivity index is 1.53. The van der Waals surface area contributed by atoms with E-state index < -0.39 is 12.4 Å². The Labute approximate surface area is 192 Å². The van der Waals surface area contributed by atoms with Crippen molar-refractivity contribution >= 4 is 29.2 Å². The summed E-state index contributed by atoms with van der Waals surface area (Å²) >= 11 is 1.54. The highest BCUT2D eigenvalue weighted by Gasteiger charge is 2.30. The molecule has 2 aromatic carbocycles. The summed E-state index contributed by atoms with van der Waals surface area (Å²) in [5.74, 6) is 1.38. The number of aromatic nitrogens is 1. The fourth-order valence-corrected chi connectivity index (χ4v) is 3.61. The lowest BCUT2D eigenvalue weighted by Crippen LogP contribution is -2.19. The minimum Gasteiger partial charge on any atom is -0.493 e. The number of hydrogen-bond acceptors (Lipinski definition) is 6. The van der Waals surface area contributed by atoms with Crippen LogP contribution in [0.3, 0.4) is 0 Å². The second-order valence-corrected chi connectivity index (χ2v) is 7.51. The largest absolute Gasteiger partial charge is 0.573 e. The maximum Gasteiger partial charge on any atom is 0.573 e. The van der Waals surface area contributed by atoms with Crippen molar-refractivity contribution < 1.29 is 32.2 Å². The molecule has 2 amide bonds. The van der Waals surface area contributed by atoms with Crippen molar-refractivity contribution in [1.82, 2.24) is 4.98 Å². The Bertz CT molecular complexity index is 1080. The summed E-state index contributed by atoms with van der Waals surface area (Å²) in [7, 11) is 3.12. The number of nitrogens with zero attached hydrogens (tertiary/aromatic N) is 1. The van der Waals surface area contributed by atoms with E-state index in [9.17, 15) is 18.0 Å². The first-order chi connectivity index (χ1) is 15.8. The van der Waals surface area contributed by atoms with Crippen molar-refractivity contribution in [2.24, 2.45) is 0 Å². The molecule has 33 heavy (non-hydrogen) atoms. The van der Waals surface area contributed by atoms with Crippen LogP contribution in [0.25, 0.3) is 0 Å². The first-order valence-corrected chi connectivity index (χ1v) is 10.5. The van der Waals surface area contributed by atoms with Gasteiger partial charge in [-0.2, -0.15) is 0 Å². The third kappa shape index (κ3) is 7.21. The van der Waals surface area contributed by atoms with Crippen LogP contribution >= 0.6 is 11.8 Å². The number of hydrogen-bond donors (Lipinski definition) is 2. The number of thioether (sulfide) groups is 1. The smallest absolute Gasteiger partial charge is 0.493 e. The van der Waals surface area contributed by atoms with Crippen LogP contribution in [0, 0.1) is 0 Å². The number of halogens is 3. The fourth-order valence-electron chi connectivity index (χ4n) is 2.77. The van der Waals surface area contributed by atoms with Gasteiger partial charge in [-0.3, -0.25) is 4.98 Å². The summed E-state index contributed by atoms with van der Waals surface area (Å²) in [6.07, 6.45) is -3.12. The maximum atomic E-state index is 12.2. The predicted octanol–water partition coefficient (Wildman–Crippen LogP) is 5.93. The molecule has 0 bridgehead atoms. The predicted molar refractivity (Wildman–Crippen MR) is 119 cm³/mol. The molecular formula is C22H20F3N3O4S. The quantitative estimate of drug-likeness (QED) is 0.390. The van der Waals surface area contributed by atoms with Crippen LogP contribution in [-0.2, 0) is 5.75 Å². The lowest BCUT2D eigenvalue weighted by Gasteiger charge is -2.12. The van der Waals surface area contributed by atoms with Gasteiger partial charge in [-0.25, -0.2) is 4.79 Å². The molecule has 0 saturated carbocycles. The van der Waals surface area contributed by atoms with Crippen LogP contribution in [0.2, 0.25) is 0 Å². The van der Waals surface area contributed by atoms with E-state index in [0.29, 0.717) is 28.6 Å². The Morgan fingerprint density at radius 3 is 2.09 bits per heavy atom. The number of amides is 2. The molecule has 2 N–H and O–H groups in total. The molecule has 11 heteroatoms. The molecule has 0 aliphatic rings. The molecule has 0 aliphatic carbocycles. The molecule has 0 radical (unpaired) electrons. The molecule has 0 unspecified atom stereocenters. The average molecular weight is 479 g/mol. The number of pyridine rings is 1. The van der Waals surface area contributed by atoms with Crippen molar-refractivity contribution in [3.8, 4) is 17.2 Å². The summed E-state index contributed by atoms with van der Waals surface area (Å²) in [5.41, 5.74) is 1.61. The highest BCUT2D eigenvalue weighted by Crippen LogP contribution is 2.33. The standard InChI is InChI=1S/C22H20F3N3O4S/c1-30-19-11-12-26-18(20(19)31-2)13-33-17-9-5-15(6-10-17)28-21(29)27-14-3-7-16(8-4-14)32-22(23,24)25/h3-12H,13H2,1-2H3,(H2,27,28,29). The van der Waals surface area contributed by atoms with E-state index in [4.69, 9.17) is 9.47 Å². The Hall–Kier alpha value is -3.60. The highest BCUT2D eigenvalue weighted by atomic mass is 32.2. The number of ether oxygens (including phenoxy) is 3. The molecular weight excluding hydrogens is 459 g/mol. The van der Waals surface area contributed by atoms with Gasteiger partial charge in [0.2, 0.25) is 0 Å². The maximum absolute atomic E-state index is 12.2. The van der Waals surface area contributed by atoms with E-state index in [0.717, 1.165) is 22.7 Å². The first kappa shape index (κ1) is 24.1. The van der Waals surface area contributed by atoms with E-state index >= 15 is 0 Å². The Kier molecular flexibility index (Phi) is 7.88. The number of methoxy groups -OCH3 is 2. The molecule has 1 heterocycles. The zero-order valence-corrected chi connectivity index (χ0v) is 18.4. The zero-order valence-electron chi connectivity index (χ0n) is 17.6. The number of nitrogens with one attached hydrogen (secondary N) is 2. The van der Waals surface area contributed by atoms with Gasteiger partial charge in [0, 0.05) is 34.3 Å². The molecule has 0 saturated heterocycles. The summed E-state index contributed by atoms with van der Waals surface area (Å²) in [6.45, 7) is 0. The zero-order chi connectivity index (χ0) is 23.8. The molecule has 1 aromatic heterocycles. The number of rotatable bonds is 8. The third-order valence-corrected chi connectivity index (χ3v) is 5.22. The third-order valence-electron chi connectivity index (χ3n) is 4.20. The van der Waals surface area contributed by atoms with Crippen LogP contribution in [0.5, 0.6) is 17.2 Å². The number of anilines is 2. The Morgan fingerprint density at radius 2 is 1.55 bits per heavy atom. The van der Waals surface area contributed by atoms with Crippen molar-refractivity contribution in [2.45, 2.75) is 17.0 Å². The number of alkyl halides is 3. The summed E-state index contributed by atoms with van der Waals surface area (Å²) in [6, 6.07) is 13.2. The van der Waals surface area contributed by atoms with Gasteiger partial charge in [-0.1, -0.05) is 0 Å². The van der Waals surface area contributed by atoms with E-state index in [-0.39, 0.29) is 5.75 Å². The SMILES string of the molecule is COc1ccnc(CSc2ccc(NC(=O)Nc3ccc(OC(F)(F)F)cc3)cc2)c1OC. The monoisotopic (exact) mass is 479 g/mol. The van der Waals surface area contributed by atoms with Gasteiger partial charge in [0.1, 0.15) is 5.75 Å². The van der Waals surface area contributed by atoms with E-state index in [1.165, 1.54) is 23.9 Å². The number of carbonyl (C=O) groups excluding carboxylic acids is 1. The van der Waals surface area contributed by atoms with Crippen LogP contribution in [-0.4, -0.2) is 31.6 Å². The first-order valence-electron chi connectivity index (χ1n) is 9.50. The van der Waals surface area contributed by atoms with Crippen LogP contribution in [0.15, 0.2) is 65.7 Å². The lowest BCUT2D eigenvalue weighted by atomic mass is 10.3. The minimum atomic E-state index is -4.77. The van der Waals surface area contributed by atoms with Gasteiger partial charge < -0.3 is 24.8 Å². The summed E-state index contributed by atoms with van der Waals surface area (Å²) in [5, 5.41) is 5.20. The average Bonchev–Trinajstić information content (AvgIpc) is 2.78. The van der Waals surface area contributed by atoms with Gasteiger partial charge >= 0.3 is 12.4 Å². The van der Waals surface area contributed by atoms with E-state index in [2.05, 4.69) is 20.4 Å². The summed E-state index contributed by atoms with van der Waals surface area (Å²) in [4.78, 5) is 17.4. The highest BCUT2D eigenvalue weighted by molar-refractivity contribution is 7.98. The molecule has 0 atom stereocenters. The van der Waals surface area contributed by atoms with Crippen molar-refractivity contribution in [3.63, 3.8) is 0 Å². The number of urea groups is 1. The summed E-state index contributed by atoms with van der Waals surface area (Å²) < 4.78 is 51.1. The van der Waals surface area contributed by atoms with Gasteiger partial charge in [-0.15, -0.1) is 24.9 Å². The topological polar surface area (TPSA) is 81.7 Å². The number of carbonyl (C=O) groups is 1. The van der Waals surface area contributed by atoms with Crippen molar-refractivity contribution in [1.29, 1.82) is 0 Å². The molecule has 0 spiro atoms. The second kappa shape index (κ2) is 10.8. The molecule has 0 aliphatic heterocycles. The lowest BCUT2D eigenvalue weighted by molar-refractivity contribution is -0.274. The second-order valence-electron chi connectivity index (χ2n) is 6.46. The van der Waals surface area contributed by atoms with E-state index in [1.807, 2.05) is 12.1 Å². The van der Waals surface area contributed by atoms with Crippen LogP contribution < -0.4 is 24.8 Å². The Morgan fingerprint density at radius 1 is 0.939 bits per heavy atom. The van der Waals surface area contributed by atoms with Crippen molar-refractivity contribution in [3.05, 3.63) is 66.5 Å². The molecule has 3 aromatic rings. The van der Waals surface area contributed by atoms with Crippen molar-refractivity contribution in [2.75, 3.05) is 24.9 Å². The van der Waals surface area contributed by atoms with Crippen LogP contribution in [0.4, 0.5) is 29.3 Å². The molecule has 0 fully saturated rings. The van der Waals surface area contributed by atoms with Crippen LogP contribution in [0.1, 0.15) is 5.69 Å². The normalized spacial score (nSPS) is 10.9. The molecule has 3 rings (SSSR count). The number of benzene rings is 2. The van der Waals surface area contributed by atoms with Gasteiger partial charge in [0.05, 0.1) is 19.9 Å². The molecule has 7 nitrogen and oxygen atoms in total. The van der Waals surface area contributed by atoms with E-state index in [1.54, 1.807) is 38.6 Å². The fraction of sp³-hybridized carbons (Fsp3) is 0.182. The van der Waals surface area contributed by atoms with Gasteiger partial charge in [0.25, 0.3) is 0 Å². The minimum absolute atomic E-state index is 0.314. The van der Waals surface area contributed by atoms with Gasteiger partial charge in [-0.05, 0) is 48.5 Å².